The number of allylic oxidation sites excluding steroid dienone is 1. The van der Waals surface area contributed by atoms with Gasteiger partial charge in [-0.3, -0.25) is 4.79 Å². The van der Waals surface area contributed by atoms with Gasteiger partial charge in [0.25, 0.3) is 0 Å². The van der Waals surface area contributed by atoms with Crippen molar-refractivity contribution in [2.45, 2.75) is 44.9 Å². The first-order valence-corrected chi connectivity index (χ1v) is 10.3. The van der Waals surface area contributed by atoms with Crippen LogP contribution in [0.4, 0.5) is 0 Å². The van der Waals surface area contributed by atoms with E-state index in [2.05, 4.69) is 6.07 Å². The zero-order chi connectivity index (χ0) is 20.5. The van der Waals surface area contributed by atoms with E-state index in [1.165, 1.54) is 32.1 Å². The van der Waals surface area contributed by atoms with Crippen LogP contribution in [-0.4, -0.2) is 13.1 Å². The number of carbonyl (C=O) groups is 1. The molecule has 0 bridgehead atoms. The first-order valence-electron chi connectivity index (χ1n) is 10.3. The smallest absolute Gasteiger partial charge is 0.311 e. The lowest BCUT2D eigenvalue weighted by molar-refractivity contribution is -0.134. The third kappa shape index (κ3) is 5.96. The second-order valence-corrected chi connectivity index (χ2v) is 7.46. The Bertz CT molecular complexity index is 890. The van der Waals surface area contributed by atoms with Gasteiger partial charge in [0.2, 0.25) is 0 Å². The Hall–Kier alpha value is -3.06. The van der Waals surface area contributed by atoms with Crippen LogP contribution in [-0.2, 0) is 4.79 Å². The molecule has 0 amide bonds. The molecule has 0 heterocycles. The molecule has 0 aliphatic heterocycles. The van der Waals surface area contributed by atoms with E-state index in [1.807, 2.05) is 36.4 Å². The summed E-state index contributed by atoms with van der Waals surface area (Å²) in [5, 5.41) is 9.49. The lowest BCUT2D eigenvalue weighted by atomic mass is 9.86. The second-order valence-electron chi connectivity index (χ2n) is 7.46. The van der Waals surface area contributed by atoms with E-state index in [1.54, 1.807) is 25.3 Å². The Morgan fingerprint density at radius 3 is 2.55 bits per heavy atom. The van der Waals surface area contributed by atoms with E-state index in [9.17, 15) is 10.1 Å². The monoisotopic (exact) mass is 389 g/mol. The summed E-state index contributed by atoms with van der Waals surface area (Å²) in [6, 6.07) is 17.1. The fourth-order valence-electron chi connectivity index (χ4n) is 3.79. The molecule has 3 rings (SSSR count). The molecular weight excluding hydrogens is 362 g/mol. The molecule has 150 valence electrons. The maximum atomic E-state index is 12.3. The highest BCUT2D eigenvalue weighted by atomic mass is 16.6. The topological polar surface area (TPSA) is 59.3 Å². The molecule has 0 atom stereocenters. The van der Waals surface area contributed by atoms with Gasteiger partial charge in [-0.05, 0) is 41.7 Å². The summed E-state index contributed by atoms with van der Waals surface area (Å²) >= 11 is 0. The molecule has 1 aliphatic rings. The maximum Gasteiger partial charge on any atom is 0.311 e. The molecule has 29 heavy (non-hydrogen) atoms. The van der Waals surface area contributed by atoms with Gasteiger partial charge in [-0.1, -0.05) is 68.5 Å². The van der Waals surface area contributed by atoms with Crippen molar-refractivity contribution < 1.29 is 14.3 Å². The van der Waals surface area contributed by atoms with Crippen LogP contribution < -0.4 is 9.47 Å². The summed E-state index contributed by atoms with van der Waals surface area (Å²) in [6.45, 7) is 0. The predicted octanol–water partition coefficient (Wildman–Crippen LogP) is 6.03. The Labute approximate surface area is 172 Å². The van der Waals surface area contributed by atoms with E-state index < -0.39 is 0 Å². The van der Waals surface area contributed by atoms with Crippen LogP contribution in [0.1, 0.15) is 56.1 Å². The highest BCUT2D eigenvalue weighted by molar-refractivity contribution is 5.89. The minimum absolute atomic E-state index is 0.223. The number of benzene rings is 2. The van der Waals surface area contributed by atoms with Crippen LogP contribution in [0.2, 0.25) is 0 Å². The van der Waals surface area contributed by atoms with Crippen molar-refractivity contribution in [1.29, 1.82) is 5.26 Å². The van der Waals surface area contributed by atoms with E-state index in [4.69, 9.17) is 9.47 Å². The Morgan fingerprint density at radius 2 is 1.86 bits per heavy atom. The summed E-state index contributed by atoms with van der Waals surface area (Å²) in [7, 11) is 1.55. The fourth-order valence-corrected chi connectivity index (χ4v) is 3.79. The molecule has 4 heteroatoms. The zero-order valence-corrected chi connectivity index (χ0v) is 16.9. The van der Waals surface area contributed by atoms with Crippen LogP contribution in [0.25, 0.3) is 11.6 Å². The highest BCUT2D eigenvalue weighted by Crippen LogP contribution is 2.31. The molecule has 2 aromatic rings. The van der Waals surface area contributed by atoms with Gasteiger partial charge in [0, 0.05) is 6.42 Å². The molecule has 0 N–H and O–H groups in total. The second kappa shape index (κ2) is 10.5. The van der Waals surface area contributed by atoms with Gasteiger partial charge >= 0.3 is 5.97 Å². The number of hydrogen-bond acceptors (Lipinski definition) is 4. The summed E-state index contributed by atoms with van der Waals surface area (Å²) in [5.74, 6) is 1.32. The molecule has 2 aromatic carbocycles. The Morgan fingerprint density at radius 1 is 1.10 bits per heavy atom. The van der Waals surface area contributed by atoms with Crippen LogP contribution in [0.3, 0.4) is 0 Å². The molecule has 1 fully saturated rings. The number of nitriles is 1. The molecule has 0 aromatic heterocycles. The fraction of sp³-hybridized carbons (Fsp3) is 0.360. The van der Waals surface area contributed by atoms with Gasteiger partial charge in [-0.2, -0.15) is 5.26 Å². The number of esters is 1. The number of carbonyl (C=O) groups excluding carboxylic acids is 1. The molecule has 0 radical (unpaired) electrons. The average molecular weight is 389 g/mol. The van der Waals surface area contributed by atoms with E-state index in [-0.39, 0.29) is 5.97 Å². The van der Waals surface area contributed by atoms with Crippen molar-refractivity contribution in [3.63, 3.8) is 0 Å². The summed E-state index contributed by atoms with van der Waals surface area (Å²) < 4.78 is 11.0. The number of rotatable bonds is 7. The summed E-state index contributed by atoms with van der Waals surface area (Å²) in [6.07, 6.45) is 9.43. The standard InChI is InChI=1S/C25H27NO3/c1-28-24-17-20(16-22(18-26)21-10-6-3-7-11-21)12-14-23(24)29-25(27)15-13-19-8-4-2-5-9-19/h3,6-7,10-12,14,16-17,19H,2,4-5,8-9,13,15H2,1H3/b22-16-. The first-order chi connectivity index (χ1) is 14.2. The molecule has 4 nitrogen and oxygen atoms in total. The molecule has 0 saturated heterocycles. The van der Waals surface area contributed by atoms with Crippen molar-refractivity contribution in [2.24, 2.45) is 5.92 Å². The third-order valence-corrected chi connectivity index (χ3v) is 5.41. The Balaban J connectivity index is 1.67. The minimum atomic E-state index is -0.223. The van der Waals surface area contributed by atoms with Crippen LogP contribution in [0.5, 0.6) is 11.5 Å². The van der Waals surface area contributed by atoms with E-state index >= 15 is 0 Å². The van der Waals surface area contributed by atoms with Gasteiger partial charge in [0.05, 0.1) is 18.8 Å². The number of methoxy groups -OCH3 is 1. The number of nitrogens with zero attached hydrogens (tertiary/aromatic N) is 1. The molecule has 1 saturated carbocycles. The molecule has 1 aliphatic carbocycles. The molecule has 0 unspecified atom stereocenters. The van der Waals surface area contributed by atoms with Crippen molar-refractivity contribution in [2.75, 3.05) is 7.11 Å². The predicted molar refractivity (Wildman–Crippen MR) is 114 cm³/mol. The highest BCUT2D eigenvalue weighted by Gasteiger charge is 2.17. The van der Waals surface area contributed by atoms with E-state index in [0.717, 1.165) is 17.5 Å². The third-order valence-electron chi connectivity index (χ3n) is 5.41. The normalized spacial score (nSPS) is 14.8. The zero-order valence-electron chi connectivity index (χ0n) is 16.9. The van der Waals surface area contributed by atoms with Gasteiger partial charge < -0.3 is 9.47 Å². The van der Waals surface area contributed by atoms with Crippen LogP contribution >= 0.6 is 0 Å². The van der Waals surface area contributed by atoms with Crippen molar-refractivity contribution in [3.05, 3.63) is 59.7 Å². The van der Waals surface area contributed by atoms with Crippen molar-refractivity contribution in [1.82, 2.24) is 0 Å². The lowest BCUT2D eigenvalue weighted by Gasteiger charge is -2.20. The average Bonchev–Trinajstić information content (AvgIpc) is 2.78. The summed E-state index contributed by atoms with van der Waals surface area (Å²) in [5.41, 5.74) is 2.22. The van der Waals surface area contributed by atoms with Crippen molar-refractivity contribution in [3.8, 4) is 17.6 Å². The van der Waals surface area contributed by atoms with Gasteiger partial charge in [0.1, 0.15) is 0 Å². The number of hydrogen-bond donors (Lipinski definition) is 0. The SMILES string of the molecule is COc1cc(/C=C(/C#N)c2ccccc2)ccc1OC(=O)CCC1CCCCC1. The van der Waals surface area contributed by atoms with Crippen LogP contribution in [0, 0.1) is 17.2 Å². The van der Waals surface area contributed by atoms with Crippen molar-refractivity contribution >= 4 is 17.6 Å². The largest absolute Gasteiger partial charge is 0.493 e. The lowest BCUT2D eigenvalue weighted by Crippen LogP contribution is -2.13. The maximum absolute atomic E-state index is 12.3. The molecule has 0 spiro atoms. The van der Waals surface area contributed by atoms with Gasteiger partial charge in [0.15, 0.2) is 11.5 Å². The minimum Gasteiger partial charge on any atom is -0.493 e. The van der Waals surface area contributed by atoms with Gasteiger partial charge in [-0.25, -0.2) is 0 Å². The molecular formula is C25H27NO3. The quantitative estimate of drug-likeness (QED) is 0.251. The summed E-state index contributed by atoms with van der Waals surface area (Å²) in [4.78, 5) is 12.3. The van der Waals surface area contributed by atoms with Crippen LogP contribution in [0.15, 0.2) is 48.5 Å². The first kappa shape index (κ1) is 20.7. The van der Waals surface area contributed by atoms with E-state index in [0.29, 0.717) is 29.4 Å². The Kier molecular flexibility index (Phi) is 7.47. The number of ether oxygens (including phenoxy) is 2. The van der Waals surface area contributed by atoms with Gasteiger partial charge in [-0.15, -0.1) is 0 Å².